The Bertz CT molecular complexity index is 948. The predicted molar refractivity (Wildman–Crippen MR) is 114 cm³/mol. The number of amides is 1. The van der Waals surface area contributed by atoms with Crippen LogP contribution in [0.4, 0.5) is 0 Å². The van der Waals surface area contributed by atoms with Crippen LogP contribution in [0.5, 0.6) is 5.75 Å². The maximum Gasteiger partial charge on any atom is 0.295 e. The van der Waals surface area contributed by atoms with E-state index in [1.165, 1.54) is 4.90 Å². The Kier molecular flexibility index (Phi) is 6.90. The van der Waals surface area contributed by atoms with Crippen LogP contribution in [0.15, 0.2) is 54.1 Å². The third-order valence-electron chi connectivity index (χ3n) is 5.10. The summed E-state index contributed by atoms with van der Waals surface area (Å²) in [5, 5.41) is 11.0. The van der Waals surface area contributed by atoms with Crippen LogP contribution in [-0.4, -0.2) is 48.6 Å². The van der Waals surface area contributed by atoms with Crippen molar-refractivity contribution in [2.24, 2.45) is 0 Å². The average molecular weight is 409 g/mol. The molecule has 158 valence electrons. The molecule has 1 atom stereocenters. The van der Waals surface area contributed by atoms with Crippen molar-refractivity contribution < 1.29 is 24.2 Å². The third-order valence-corrected chi connectivity index (χ3v) is 5.10. The monoisotopic (exact) mass is 409 g/mol. The maximum absolute atomic E-state index is 13.0. The van der Waals surface area contributed by atoms with Gasteiger partial charge in [0.25, 0.3) is 11.7 Å². The number of hydrogen-bond donors (Lipinski definition) is 1. The quantitative estimate of drug-likeness (QED) is 0.310. The SMILES string of the molecule is CCOc1cccc([C@@H]2C(=C(O)c3ccc(C)cc3)C(=O)C(=O)N2CCCOC)c1. The molecule has 0 aromatic heterocycles. The van der Waals surface area contributed by atoms with Gasteiger partial charge in [0.2, 0.25) is 0 Å². The number of ether oxygens (including phenoxy) is 2. The number of benzene rings is 2. The lowest BCUT2D eigenvalue weighted by Gasteiger charge is -2.25. The van der Waals surface area contributed by atoms with Crippen molar-refractivity contribution in [2.75, 3.05) is 26.9 Å². The second-order valence-electron chi connectivity index (χ2n) is 7.21. The van der Waals surface area contributed by atoms with Crippen molar-refractivity contribution in [3.63, 3.8) is 0 Å². The van der Waals surface area contributed by atoms with Gasteiger partial charge in [0.1, 0.15) is 11.5 Å². The molecule has 1 N–H and O–H groups in total. The van der Waals surface area contributed by atoms with Gasteiger partial charge in [0.15, 0.2) is 0 Å². The van der Waals surface area contributed by atoms with Crippen LogP contribution in [0.25, 0.3) is 5.76 Å². The van der Waals surface area contributed by atoms with E-state index < -0.39 is 17.7 Å². The van der Waals surface area contributed by atoms with Gasteiger partial charge in [-0.2, -0.15) is 0 Å². The van der Waals surface area contributed by atoms with Crippen LogP contribution in [0.2, 0.25) is 0 Å². The smallest absolute Gasteiger partial charge is 0.295 e. The fourth-order valence-corrected chi connectivity index (χ4v) is 3.64. The Labute approximate surface area is 176 Å². The molecule has 2 aromatic carbocycles. The Morgan fingerprint density at radius 3 is 2.53 bits per heavy atom. The number of carbonyl (C=O) groups is 2. The molecule has 1 saturated heterocycles. The molecule has 0 aliphatic carbocycles. The number of aryl methyl sites for hydroxylation is 1. The molecule has 1 aliphatic rings. The van der Waals surface area contributed by atoms with E-state index in [1.54, 1.807) is 19.2 Å². The van der Waals surface area contributed by atoms with Crippen LogP contribution in [0, 0.1) is 6.92 Å². The number of rotatable bonds is 8. The predicted octanol–water partition coefficient (Wildman–Crippen LogP) is 3.85. The number of Topliss-reactive ketones (excluding diaryl/α,β-unsaturated/α-hetero) is 1. The van der Waals surface area contributed by atoms with Crippen LogP contribution < -0.4 is 4.74 Å². The topological polar surface area (TPSA) is 76.1 Å². The molecule has 0 bridgehead atoms. The molecule has 2 aromatic rings. The molecular weight excluding hydrogens is 382 g/mol. The Morgan fingerprint density at radius 2 is 1.87 bits per heavy atom. The molecular formula is C24H27NO5. The highest BCUT2D eigenvalue weighted by Gasteiger charge is 2.45. The van der Waals surface area contributed by atoms with Crippen molar-refractivity contribution in [1.82, 2.24) is 4.90 Å². The van der Waals surface area contributed by atoms with Gasteiger partial charge in [0, 0.05) is 25.8 Å². The molecule has 1 fully saturated rings. The van der Waals surface area contributed by atoms with Gasteiger partial charge in [-0.1, -0.05) is 42.0 Å². The summed E-state index contributed by atoms with van der Waals surface area (Å²) in [6.07, 6.45) is 0.579. The Morgan fingerprint density at radius 1 is 1.13 bits per heavy atom. The lowest BCUT2D eigenvalue weighted by atomic mass is 9.95. The molecule has 0 unspecified atom stereocenters. The largest absolute Gasteiger partial charge is 0.507 e. The van der Waals surface area contributed by atoms with E-state index >= 15 is 0 Å². The second kappa shape index (κ2) is 9.59. The van der Waals surface area contributed by atoms with Gasteiger partial charge in [-0.15, -0.1) is 0 Å². The summed E-state index contributed by atoms with van der Waals surface area (Å²) in [6.45, 7) is 5.14. The third kappa shape index (κ3) is 4.39. The van der Waals surface area contributed by atoms with E-state index in [0.29, 0.717) is 43.1 Å². The lowest BCUT2D eigenvalue weighted by Crippen LogP contribution is -2.31. The molecule has 0 spiro atoms. The fraction of sp³-hybridized carbons (Fsp3) is 0.333. The molecule has 30 heavy (non-hydrogen) atoms. The maximum atomic E-state index is 13.0. The summed E-state index contributed by atoms with van der Waals surface area (Å²) in [6, 6.07) is 13.8. The number of aliphatic hydroxyl groups excluding tert-OH is 1. The van der Waals surface area contributed by atoms with E-state index in [-0.39, 0.29) is 11.3 Å². The molecule has 1 aliphatic heterocycles. The average Bonchev–Trinajstić information content (AvgIpc) is 2.99. The van der Waals surface area contributed by atoms with Gasteiger partial charge in [-0.25, -0.2) is 0 Å². The van der Waals surface area contributed by atoms with Crippen molar-refractivity contribution in [3.05, 3.63) is 70.8 Å². The van der Waals surface area contributed by atoms with Crippen LogP contribution in [0.1, 0.15) is 36.1 Å². The first-order valence-electron chi connectivity index (χ1n) is 10.0. The minimum atomic E-state index is -0.691. The van der Waals surface area contributed by atoms with Gasteiger partial charge < -0.3 is 19.5 Å². The van der Waals surface area contributed by atoms with E-state index in [0.717, 1.165) is 5.56 Å². The number of aliphatic hydroxyl groups is 1. The zero-order chi connectivity index (χ0) is 21.7. The van der Waals surface area contributed by atoms with Crippen molar-refractivity contribution in [1.29, 1.82) is 0 Å². The van der Waals surface area contributed by atoms with Crippen molar-refractivity contribution in [3.8, 4) is 5.75 Å². The minimum Gasteiger partial charge on any atom is -0.507 e. The molecule has 3 rings (SSSR count). The fourth-order valence-electron chi connectivity index (χ4n) is 3.64. The highest BCUT2D eigenvalue weighted by molar-refractivity contribution is 6.46. The van der Waals surface area contributed by atoms with Gasteiger partial charge in [0.05, 0.1) is 18.2 Å². The zero-order valence-corrected chi connectivity index (χ0v) is 17.6. The number of methoxy groups -OCH3 is 1. The van der Waals surface area contributed by atoms with Gasteiger partial charge in [-0.3, -0.25) is 9.59 Å². The van der Waals surface area contributed by atoms with Gasteiger partial charge in [-0.05, 0) is 38.0 Å². The van der Waals surface area contributed by atoms with E-state index in [1.807, 2.05) is 50.2 Å². The Balaban J connectivity index is 2.11. The van der Waals surface area contributed by atoms with E-state index in [9.17, 15) is 14.7 Å². The summed E-state index contributed by atoms with van der Waals surface area (Å²) in [5.74, 6) is -0.828. The molecule has 0 radical (unpaired) electrons. The molecule has 6 nitrogen and oxygen atoms in total. The summed E-state index contributed by atoms with van der Waals surface area (Å²) >= 11 is 0. The highest BCUT2D eigenvalue weighted by Crippen LogP contribution is 2.40. The molecule has 6 heteroatoms. The van der Waals surface area contributed by atoms with Crippen LogP contribution >= 0.6 is 0 Å². The molecule has 1 heterocycles. The first-order valence-corrected chi connectivity index (χ1v) is 10.0. The minimum absolute atomic E-state index is 0.0925. The second-order valence-corrected chi connectivity index (χ2v) is 7.21. The molecule has 0 saturated carbocycles. The van der Waals surface area contributed by atoms with Crippen LogP contribution in [-0.2, 0) is 14.3 Å². The Hall–Kier alpha value is -3.12. The van der Waals surface area contributed by atoms with Crippen molar-refractivity contribution >= 4 is 17.4 Å². The lowest BCUT2D eigenvalue weighted by molar-refractivity contribution is -0.140. The summed E-state index contributed by atoms with van der Waals surface area (Å²) in [5.41, 5.74) is 2.34. The normalized spacial score (nSPS) is 18.1. The zero-order valence-electron chi connectivity index (χ0n) is 17.6. The molecule has 1 amide bonds. The van der Waals surface area contributed by atoms with E-state index in [2.05, 4.69) is 0 Å². The first kappa shape index (κ1) is 21.6. The number of nitrogens with zero attached hydrogens (tertiary/aromatic N) is 1. The number of hydrogen-bond acceptors (Lipinski definition) is 5. The number of likely N-dealkylation sites (tertiary alicyclic amines) is 1. The van der Waals surface area contributed by atoms with Crippen molar-refractivity contribution in [2.45, 2.75) is 26.3 Å². The summed E-state index contributed by atoms with van der Waals surface area (Å²) in [7, 11) is 1.59. The number of carbonyl (C=O) groups excluding carboxylic acids is 2. The standard InChI is InChI=1S/C24H27NO5/c1-4-30-19-8-5-7-18(15-19)21-20(22(26)17-11-9-16(2)10-12-17)23(27)24(28)25(21)13-6-14-29-3/h5,7-12,15,21,26H,4,6,13-14H2,1-3H3/t21-/m1/s1. The number of ketones is 1. The van der Waals surface area contributed by atoms with E-state index in [4.69, 9.17) is 9.47 Å². The highest BCUT2D eigenvalue weighted by atomic mass is 16.5. The van der Waals surface area contributed by atoms with Gasteiger partial charge >= 0.3 is 0 Å². The first-order chi connectivity index (χ1) is 14.5. The summed E-state index contributed by atoms with van der Waals surface area (Å²) < 4.78 is 10.7. The summed E-state index contributed by atoms with van der Waals surface area (Å²) in [4.78, 5) is 27.3. The van der Waals surface area contributed by atoms with Crippen LogP contribution in [0.3, 0.4) is 0 Å².